The molecule has 1 aliphatic rings. The predicted octanol–water partition coefficient (Wildman–Crippen LogP) is 1.36. The molecule has 1 unspecified atom stereocenters. The highest BCUT2D eigenvalue weighted by Gasteiger charge is 2.27. The molecule has 8 heteroatoms. The van der Waals surface area contributed by atoms with Gasteiger partial charge in [-0.2, -0.15) is 5.10 Å². The Bertz CT molecular complexity index is 491. The van der Waals surface area contributed by atoms with Crippen LogP contribution in [-0.2, 0) is 4.79 Å². The highest BCUT2D eigenvalue weighted by atomic mass is 35.5. The second-order valence-electron chi connectivity index (χ2n) is 4.76. The Morgan fingerprint density at radius 1 is 1.55 bits per heavy atom. The number of carboxylic acids is 1. The van der Waals surface area contributed by atoms with E-state index in [1.165, 1.54) is 0 Å². The Hall–Kier alpha value is -1.76. The summed E-state index contributed by atoms with van der Waals surface area (Å²) < 4.78 is 1.78. The van der Waals surface area contributed by atoms with Crippen LogP contribution in [0.25, 0.3) is 0 Å². The number of rotatable bonds is 5. The average Bonchev–Trinajstić information content (AvgIpc) is 3.02. The van der Waals surface area contributed by atoms with Crippen molar-refractivity contribution in [3.63, 3.8) is 0 Å². The number of hydrogen-bond donors (Lipinski definition) is 2. The van der Waals surface area contributed by atoms with E-state index in [2.05, 4.69) is 10.4 Å². The molecule has 2 amide bonds. The first-order chi connectivity index (χ1) is 9.56. The Morgan fingerprint density at radius 3 is 3.00 bits per heavy atom. The SMILES string of the molecule is O=C(O)CCCNC(=O)N1CCC(n2cc(Cl)cn2)C1. The normalized spacial score (nSPS) is 18.2. The fraction of sp³-hybridized carbons (Fsp3) is 0.583. The fourth-order valence-corrected chi connectivity index (χ4v) is 2.35. The number of carbonyl (C=O) groups excluding carboxylic acids is 1. The molecule has 7 nitrogen and oxygen atoms in total. The summed E-state index contributed by atoms with van der Waals surface area (Å²) >= 11 is 5.82. The molecule has 0 aliphatic carbocycles. The molecule has 1 atom stereocenters. The minimum atomic E-state index is -0.851. The van der Waals surface area contributed by atoms with Gasteiger partial charge in [0.25, 0.3) is 0 Å². The molecule has 2 heterocycles. The number of urea groups is 1. The summed E-state index contributed by atoms with van der Waals surface area (Å²) in [5, 5.41) is 16.0. The van der Waals surface area contributed by atoms with Crippen LogP contribution < -0.4 is 5.32 Å². The predicted molar refractivity (Wildman–Crippen MR) is 72.7 cm³/mol. The maximum absolute atomic E-state index is 11.9. The molecule has 1 aliphatic heterocycles. The summed E-state index contributed by atoms with van der Waals surface area (Å²) in [6, 6.07) is -0.0107. The highest BCUT2D eigenvalue weighted by Crippen LogP contribution is 2.22. The second-order valence-corrected chi connectivity index (χ2v) is 5.19. The maximum atomic E-state index is 11.9. The van der Waals surface area contributed by atoms with E-state index in [1.807, 2.05) is 0 Å². The zero-order chi connectivity index (χ0) is 14.5. The molecule has 0 aromatic carbocycles. The molecule has 110 valence electrons. The number of nitrogens with zero attached hydrogens (tertiary/aromatic N) is 3. The molecule has 20 heavy (non-hydrogen) atoms. The average molecular weight is 301 g/mol. The number of likely N-dealkylation sites (tertiary alicyclic amines) is 1. The standard InChI is InChI=1S/C12H17ClN4O3/c13-9-6-15-17(7-9)10-3-5-16(8-10)12(20)14-4-1-2-11(18)19/h6-7,10H,1-5,8H2,(H,14,20)(H,18,19). The van der Waals surface area contributed by atoms with Gasteiger partial charge in [-0.3, -0.25) is 9.48 Å². The van der Waals surface area contributed by atoms with Crippen molar-refractivity contribution >= 4 is 23.6 Å². The first kappa shape index (κ1) is 14.6. The summed E-state index contributed by atoms with van der Waals surface area (Å²) in [4.78, 5) is 24.0. The number of carboxylic acid groups (broad SMARTS) is 1. The van der Waals surface area contributed by atoms with Crippen LogP contribution >= 0.6 is 11.6 Å². The zero-order valence-corrected chi connectivity index (χ0v) is 11.7. The van der Waals surface area contributed by atoms with Crippen LogP contribution in [0.15, 0.2) is 12.4 Å². The lowest BCUT2D eigenvalue weighted by Crippen LogP contribution is -2.39. The van der Waals surface area contributed by atoms with Crippen molar-refractivity contribution in [3.8, 4) is 0 Å². The Kier molecular flexibility index (Phi) is 4.84. The van der Waals surface area contributed by atoms with E-state index in [1.54, 1.807) is 22.0 Å². The molecule has 1 fully saturated rings. The van der Waals surface area contributed by atoms with E-state index in [4.69, 9.17) is 16.7 Å². The van der Waals surface area contributed by atoms with Crippen LogP contribution in [0.3, 0.4) is 0 Å². The van der Waals surface area contributed by atoms with Gasteiger partial charge < -0.3 is 15.3 Å². The van der Waals surface area contributed by atoms with Gasteiger partial charge in [-0.05, 0) is 12.8 Å². The van der Waals surface area contributed by atoms with E-state index in [0.717, 1.165) is 6.42 Å². The van der Waals surface area contributed by atoms with Gasteiger partial charge in [0.1, 0.15) is 0 Å². The third-order valence-electron chi connectivity index (χ3n) is 3.24. The number of amides is 2. The first-order valence-electron chi connectivity index (χ1n) is 6.50. The molecule has 0 bridgehead atoms. The van der Waals surface area contributed by atoms with Crippen LogP contribution in [0, 0.1) is 0 Å². The summed E-state index contributed by atoms with van der Waals surface area (Å²) in [5.41, 5.74) is 0. The van der Waals surface area contributed by atoms with Crippen LogP contribution in [0.2, 0.25) is 5.02 Å². The van der Waals surface area contributed by atoms with Crippen molar-refractivity contribution in [1.29, 1.82) is 0 Å². The molecule has 1 aromatic heterocycles. The minimum absolute atomic E-state index is 0.0642. The molecule has 0 spiro atoms. The number of carbonyl (C=O) groups is 2. The van der Waals surface area contributed by atoms with Gasteiger partial charge in [0.05, 0.1) is 17.3 Å². The Morgan fingerprint density at radius 2 is 2.35 bits per heavy atom. The van der Waals surface area contributed by atoms with Crippen LogP contribution in [-0.4, -0.2) is 51.4 Å². The van der Waals surface area contributed by atoms with Crippen molar-refractivity contribution in [3.05, 3.63) is 17.4 Å². The van der Waals surface area contributed by atoms with Crippen molar-refractivity contribution in [2.24, 2.45) is 0 Å². The van der Waals surface area contributed by atoms with Crippen LogP contribution in [0.5, 0.6) is 0 Å². The minimum Gasteiger partial charge on any atom is -0.481 e. The lowest BCUT2D eigenvalue weighted by atomic mass is 10.3. The quantitative estimate of drug-likeness (QED) is 0.804. The molecule has 1 aromatic rings. The van der Waals surface area contributed by atoms with Gasteiger partial charge in [-0.1, -0.05) is 11.6 Å². The number of hydrogen-bond acceptors (Lipinski definition) is 3. The van der Waals surface area contributed by atoms with Crippen molar-refractivity contribution < 1.29 is 14.7 Å². The van der Waals surface area contributed by atoms with Crippen molar-refractivity contribution in [2.75, 3.05) is 19.6 Å². The molecule has 0 saturated carbocycles. The molecular formula is C12H17ClN4O3. The number of aromatic nitrogens is 2. The van der Waals surface area contributed by atoms with E-state index >= 15 is 0 Å². The van der Waals surface area contributed by atoms with Gasteiger partial charge in [-0.15, -0.1) is 0 Å². The smallest absolute Gasteiger partial charge is 0.317 e. The van der Waals surface area contributed by atoms with Crippen molar-refractivity contribution in [2.45, 2.75) is 25.3 Å². The van der Waals surface area contributed by atoms with Gasteiger partial charge in [0, 0.05) is 32.3 Å². The number of nitrogens with one attached hydrogen (secondary N) is 1. The molecular weight excluding hydrogens is 284 g/mol. The highest BCUT2D eigenvalue weighted by molar-refractivity contribution is 6.30. The van der Waals surface area contributed by atoms with Gasteiger partial charge >= 0.3 is 12.0 Å². The van der Waals surface area contributed by atoms with Crippen LogP contribution in [0.1, 0.15) is 25.3 Å². The van der Waals surface area contributed by atoms with Gasteiger partial charge in [-0.25, -0.2) is 4.79 Å². The van der Waals surface area contributed by atoms with E-state index in [0.29, 0.717) is 31.1 Å². The number of aliphatic carboxylic acids is 1. The lowest BCUT2D eigenvalue weighted by molar-refractivity contribution is -0.137. The van der Waals surface area contributed by atoms with E-state index in [9.17, 15) is 9.59 Å². The molecule has 2 rings (SSSR count). The van der Waals surface area contributed by atoms with Crippen molar-refractivity contribution in [1.82, 2.24) is 20.0 Å². The lowest BCUT2D eigenvalue weighted by Gasteiger charge is -2.17. The molecule has 0 radical (unpaired) electrons. The zero-order valence-electron chi connectivity index (χ0n) is 11.0. The van der Waals surface area contributed by atoms with Gasteiger partial charge in [0.15, 0.2) is 0 Å². The third-order valence-corrected chi connectivity index (χ3v) is 3.43. The largest absolute Gasteiger partial charge is 0.481 e. The van der Waals surface area contributed by atoms with Gasteiger partial charge in [0.2, 0.25) is 0 Å². The molecule has 1 saturated heterocycles. The van der Waals surface area contributed by atoms with E-state index in [-0.39, 0.29) is 18.5 Å². The fourth-order valence-electron chi connectivity index (χ4n) is 2.20. The summed E-state index contributed by atoms with van der Waals surface area (Å²) in [6.07, 6.45) is 4.67. The summed E-state index contributed by atoms with van der Waals surface area (Å²) in [5.74, 6) is -0.851. The van der Waals surface area contributed by atoms with E-state index < -0.39 is 5.97 Å². The molecule has 2 N–H and O–H groups in total. The third kappa shape index (κ3) is 3.86. The Balaban J connectivity index is 1.74. The second kappa shape index (κ2) is 6.60. The topological polar surface area (TPSA) is 87.5 Å². The summed E-state index contributed by atoms with van der Waals surface area (Å²) in [7, 11) is 0. The first-order valence-corrected chi connectivity index (χ1v) is 6.88. The van der Waals surface area contributed by atoms with Crippen LogP contribution in [0.4, 0.5) is 4.79 Å². The maximum Gasteiger partial charge on any atom is 0.317 e. The number of halogens is 1. The monoisotopic (exact) mass is 300 g/mol. The Labute approximate surface area is 121 Å². The summed E-state index contributed by atoms with van der Waals surface area (Å²) in [6.45, 7) is 1.62.